The molecule has 0 saturated heterocycles. The molecule has 0 aliphatic carbocycles. The number of nitrogens with one attached hydrogen (secondary N) is 4. The molecule has 0 unspecified atom stereocenters. The van der Waals surface area contributed by atoms with Gasteiger partial charge >= 0.3 is 0 Å². The van der Waals surface area contributed by atoms with Crippen molar-refractivity contribution in [1.82, 2.24) is 30.6 Å². The third-order valence-corrected chi connectivity index (χ3v) is 3.35. The van der Waals surface area contributed by atoms with Crippen molar-refractivity contribution >= 4 is 33.9 Å². The second-order valence-corrected chi connectivity index (χ2v) is 5.19. The summed E-state index contributed by atoms with van der Waals surface area (Å²) in [5, 5.41) is 29.5. The molecule has 8 heteroatoms. The van der Waals surface area contributed by atoms with Crippen LogP contribution in [0.2, 0.25) is 0 Å². The van der Waals surface area contributed by atoms with E-state index in [0.29, 0.717) is 11.6 Å². The van der Waals surface area contributed by atoms with Gasteiger partial charge in [-0.3, -0.25) is 10.2 Å². The van der Waals surface area contributed by atoms with Gasteiger partial charge in [0.2, 0.25) is 0 Å². The van der Waals surface area contributed by atoms with Gasteiger partial charge in [0.05, 0.1) is 23.6 Å². The third-order valence-electron chi connectivity index (χ3n) is 3.35. The highest BCUT2D eigenvalue weighted by Gasteiger charge is 2.03. The minimum Gasteiger partial charge on any atom is -0.354 e. The van der Waals surface area contributed by atoms with Crippen molar-refractivity contribution in [2.24, 2.45) is 0 Å². The second kappa shape index (κ2) is 5.41. The lowest BCUT2D eigenvalue weighted by Crippen LogP contribution is -1.98. The summed E-state index contributed by atoms with van der Waals surface area (Å²) >= 11 is 0. The van der Waals surface area contributed by atoms with Gasteiger partial charge in [-0.25, -0.2) is 0 Å². The molecule has 23 heavy (non-hydrogen) atoms. The Bertz CT molecular complexity index is 955. The molecule has 0 saturated carbocycles. The number of aryl methyl sites for hydroxylation is 1. The van der Waals surface area contributed by atoms with Crippen molar-refractivity contribution in [3.8, 4) is 0 Å². The maximum Gasteiger partial charge on any atom is 0.156 e. The summed E-state index contributed by atoms with van der Waals surface area (Å²) in [5.41, 5.74) is 3.72. The highest BCUT2D eigenvalue weighted by Crippen LogP contribution is 2.22. The number of H-pyrrole nitrogens is 2. The average molecular weight is 306 g/mol. The monoisotopic (exact) mass is 306 g/mol. The molecule has 0 atom stereocenters. The molecule has 0 amide bonds. The number of nitrogens with zero attached hydrogens (tertiary/aromatic N) is 4. The molecule has 1 aromatic carbocycles. The predicted octanol–water partition coefficient (Wildman–Crippen LogP) is 2.87. The largest absolute Gasteiger partial charge is 0.354 e. The van der Waals surface area contributed by atoms with Crippen molar-refractivity contribution in [3.63, 3.8) is 0 Å². The van der Waals surface area contributed by atoms with Crippen LogP contribution in [0.3, 0.4) is 0 Å². The average Bonchev–Trinajstić information content (AvgIpc) is 3.16. The van der Waals surface area contributed by atoms with Gasteiger partial charge in [0.15, 0.2) is 11.6 Å². The number of aromatic amines is 2. The number of aromatic nitrogens is 6. The molecule has 0 spiro atoms. The van der Waals surface area contributed by atoms with Crippen LogP contribution in [0.5, 0.6) is 0 Å². The van der Waals surface area contributed by atoms with Gasteiger partial charge < -0.3 is 10.6 Å². The fraction of sp³-hybridized carbons (Fsp3) is 0.0667. The minimum atomic E-state index is 0.615. The molecular formula is C15H14N8. The van der Waals surface area contributed by atoms with E-state index in [-0.39, 0.29) is 0 Å². The topological polar surface area (TPSA) is 107 Å². The zero-order valence-electron chi connectivity index (χ0n) is 12.3. The van der Waals surface area contributed by atoms with E-state index in [1.807, 2.05) is 37.3 Å². The normalized spacial score (nSPS) is 10.8. The molecule has 4 aromatic rings. The molecule has 0 radical (unpaired) electrons. The van der Waals surface area contributed by atoms with Crippen LogP contribution < -0.4 is 10.6 Å². The van der Waals surface area contributed by atoms with E-state index in [1.165, 1.54) is 0 Å². The van der Waals surface area contributed by atoms with Crippen molar-refractivity contribution < 1.29 is 0 Å². The summed E-state index contributed by atoms with van der Waals surface area (Å²) in [4.78, 5) is 0. The Balaban J connectivity index is 1.55. The van der Waals surface area contributed by atoms with Crippen LogP contribution in [0, 0.1) is 6.92 Å². The van der Waals surface area contributed by atoms with E-state index in [9.17, 15) is 0 Å². The minimum absolute atomic E-state index is 0.615. The van der Waals surface area contributed by atoms with E-state index in [4.69, 9.17) is 0 Å². The van der Waals surface area contributed by atoms with Gasteiger partial charge in [0.1, 0.15) is 0 Å². The number of rotatable bonds is 4. The Kier molecular flexibility index (Phi) is 3.12. The van der Waals surface area contributed by atoms with Crippen LogP contribution in [0.15, 0.2) is 42.7 Å². The van der Waals surface area contributed by atoms with Gasteiger partial charge in [0, 0.05) is 28.9 Å². The Labute approximate surface area is 131 Å². The molecule has 114 valence electrons. The van der Waals surface area contributed by atoms with Crippen LogP contribution in [0.25, 0.3) is 10.9 Å². The Morgan fingerprint density at radius 2 is 1.87 bits per heavy atom. The summed E-state index contributed by atoms with van der Waals surface area (Å²) in [6.45, 7) is 1.94. The summed E-state index contributed by atoms with van der Waals surface area (Å²) in [6.07, 6.45) is 3.46. The second-order valence-electron chi connectivity index (χ2n) is 5.19. The van der Waals surface area contributed by atoms with Gasteiger partial charge in [-0.05, 0) is 25.1 Å². The number of anilines is 4. The van der Waals surface area contributed by atoms with Crippen molar-refractivity contribution in [1.29, 1.82) is 0 Å². The number of hydrogen-bond acceptors (Lipinski definition) is 6. The van der Waals surface area contributed by atoms with Crippen molar-refractivity contribution in [2.75, 3.05) is 10.6 Å². The molecule has 8 nitrogen and oxygen atoms in total. The third kappa shape index (κ3) is 2.82. The first-order valence-electron chi connectivity index (χ1n) is 7.08. The number of hydrogen-bond donors (Lipinski definition) is 4. The van der Waals surface area contributed by atoms with Crippen molar-refractivity contribution in [3.05, 3.63) is 48.4 Å². The van der Waals surface area contributed by atoms with E-state index in [1.54, 1.807) is 12.4 Å². The molecule has 4 N–H and O–H groups in total. The lowest BCUT2D eigenvalue weighted by atomic mass is 10.2. The number of benzene rings is 1. The maximum atomic E-state index is 4.12. The molecule has 0 fully saturated rings. The van der Waals surface area contributed by atoms with Crippen LogP contribution in [-0.4, -0.2) is 30.6 Å². The summed E-state index contributed by atoms with van der Waals surface area (Å²) < 4.78 is 0. The van der Waals surface area contributed by atoms with E-state index < -0.39 is 0 Å². The summed E-state index contributed by atoms with van der Waals surface area (Å²) in [7, 11) is 0. The first-order valence-corrected chi connectivity index (χ1v) is 7.08. The molecule has 0 aliphatic rings. The summed E-state index contributed by atoms with van der Waals surface area (Å²) in [6, 6.07) is 9.75. The van der Waals surface area contributed by atoms with E-state index >= 15 is 0 Å². The zero-order chi connectivity index (χ0) is 15.6. The van der Waals surface area contributed by atoms with Crippen LogP contribution >= 0.6 is 0 Å². The van der Waals surface area contributed by atoms with Gasteiger partial charge in [-0.2, -0.15) is 15.3 Å². The molecule has 3 aromatic heterocycles. The van der Waals surface area contributed by atoms with Gasteiger partial charge in [-0.1, -0.05) is 0 Å². The molecule has 0 bridgehead atoms. The first kappa shape index (κ1) is 13.3. The fourth-order valence-corrected chi connectivity index (χ4v) is 2.29. The Morgan fingerprint density at radius 1 is 0.913 bits per heavy atom. The molecular weight excluding hydrogens is 292 g/mol. The quantitative estimate of drug-likeness (QED) is 0.462. The van der Waals surface area contributed by atoms with E-state index in [2.05, 4.69) is 41.2 Å². The van der Waals surface area contributed by atoms with Gasteiger partial charge in [-0.15, -0.1) is 5.10 Å². The lowest BCUT2D eigenvalue weighted by molar-refractivity contribution is 1.02. The standard InChI is InChI=1S/C15H14N8/c1-9-4-14(23-20-9)19-15-6-12(8-17-22-15)18-11-3-2-10-7-16-21-13(10)5-11/h2-8H,1H3,(H,16,21)(H3,18,19,20,22,23). The van der Waals surface area contributed by atoms with Crippen LogP contribution in [-0.2, 0) is 0 Å². The van der Waals surface area contributed by atoms with Crippen LogP contribution in [0.1, 0.15) is 5.69 Å². The lowest BCUT2D eigenvalue weighted by Gasteiger charge is -2.07. The van der Waals surface area contributed by atoms with Crippen molar-refractivity contribution in [2.45, 2.75) is 6.92 Å². The molecule has 3 heterocycles. The van der Waals surface area contributed by atoms with Gasteiger partial charge in [0.25, 0.3) is 0 Å². The zero-order valence-corrected chi connectivity index (χ0v) is 12.3. The highest BCUT2D eigenvalue weighted by molar-refractivity contribution is 5.82. The van der Waals surface area contributed by atoms with Crippen LogP contribution in [0.4, 0.5) is 23.0 Å². The summed E-state index contributed by atoms with van der Waals surface area (Å²) in [5.74, 6) is 1.32. The SMILES string of the molecule is Cc1cc(Nc2cc(Nc3ccc4cn[nH]c4c3)cnn2)n[nH]1. The highest BCUT2D eigenvalue weighted by atomic mass is 15.2. The fourth-order valence-electron chi connectivity index (χ4n) is 2.29. The number of fused-ring (bicyclic) bond motifs is 1. The first-order chi connectivity index (χ1) is 11.3. The smallest absolute Gasteiger partial charge is 0.156 e. The Morgan fingerprint density at radius 3 is 2.74 bits per heavy atom. The maximum absolute atomic E-state index is 4.12. The molecule has 4 rings (SSSR count). The van der Waals surface area contributed by atoms with E-state index in [0.717, 1.165) is 28.0 Å². The Hall–Kier alpha value is -3.42. The predicted molar refractivity (Wildman–Crippen MR) is 88.0 cm³/mol. The molecule has 0 aliphatic heterocycles.